The SMILES string of the molecule is COc1ccc(/C=N/N=C2\NC(=O)C(CC(=O)c3cc(C)ccc3C)S2)cc1. The molecule has 0 aromatic heterocycles. The molecule has 1 saturated heterocycles. The molecule has 2 aromatic carbocycles. The summed E-state index contributed by atoms with van der Waals surface area (Å²) in [5, 5.41) is 10.6. The predicted molar refractivity (Wildman–Crippen MR) is 112 cm³/mol. The molecule has 0 radical (unpaired) electrons. The lowest BCUT2D eigenvalue weighted by Gasteiger charge is -2.08. The van der Waals surface area contributed by atoms with E-state index in [-0.39, 0.29) is 18.1 Å². The van der Waals surface area contributed by atoms with Crippen LogP contribution in [0.4, 0.5) is 0 Å². The highest BCUT2D eigenvalue weighted by molar-refractivity contribution is 8.15. The zero-order chi connectivity index (χ0) is 20.1. The standard InChI is InChI=1S/C21H21N3O3S/c1-13-4-5-14(2)17(10-13)18(25)11-19-20(26)23-21(28-19)24-22-12-15-6-8-16(27-3)9-7-15/h4-10,12,19H,11H2,1-3H3,(H,23,24,26)/b22-12+. The summed E-state index contributed by atoms with van der Waals surface area (Å²) >= 11 is 1.23. The lowest BCUT2D eigenvalue weighted by molar-refractivity contribution is -0.118. The molecule has 28 heavy (non-hydrogen) atoms. The molecule has 2 aromatic rings. The van der Waals surface area contributed by atoms with Crippen LogP contribution in [0.15, 0.2) is 52.7 Å². The van der Waals surface area contributed by atoms with Crippen LogP contribution in [0.25, 0.3) is 0 Å². The lowest BCUT2D eigenvalue weighted by atomic mass is 9.99. The van der Waals surface area contributed by atoms with Gasteiger partial charge >= 0.3 is 0 Å². The Hall–Kier alpha value is -2.93. The molecule has 1 heterocycles. The minimum absolute atomic E-state index is 0.0446. The Labute approximate surface area is 168 Å². The summed E-state index contributed by atoms with van der Waals surface area (Å²) in [4.78, 5) is 24.8. The Bertz CT molecular complexity index is 952. The van der Waals surface area contributed by atoms with E-state index >= 15 is 0 Å². The second-order valence-electron chi connectivity index (χ2n) is 6.46. The summed E-state index contributed by atoms with van der Waals surface area (Å²) in [5.74, 6) is 0.498. The number of thioether (sulfide) groups is 1. The van der Waals surface area contributed by atoms with Gasteiger partial charge in [0.1, 0.15) is 5.75 Å². The molecule has 6 nitrogen and oxygen atoms in total. The van der Waals surface area contributed by atoms with Crippen LogP contribution in [0.2, 0.25) is 0 Å². The third-order valence-electron chi connectivity index (χ3n) is 4.31. The molecule has 0 aliphatic carbocycles. The van der Waals surface area contributed by atoms with Crippen molar-refractivity contribution in [2.45, 2.75) is 25.5 Å². The van der Waals surface area contributed by atoms with Gasteiger partial charge in [0.25, 0.3) is 0 Å². The number of carbonyl (C=O) groups is 2. The van der Waals surface area contributed by atoms with Crippen LogP contribution in [0, 0.1) is 13.8 Å². The van der Waals surface area contributed by atoms with E-state index < -0.39 is 5.25 Å². The Balaban J connectivity index is 1.62. The van der Waals surface area contributed by atoms with Crippen LogP contribution >= 0.6 is 11.8 Å². The number of hydrogen-bond acceptors (Lipinski definition) is 6. The first kappa shape index (κ1) is 19.8. The van der Waals surface area contributed by atoms with E-state index in [2.05, 4.69) is 15.5 Å². The summed E-state index contributed by atoms with van der Waals surface area (Å²) in [6.07, 6.45) is 1.72. The van der Waals surface area contributed by atoms with E-state index in [0.717, 1.165) is 22.4 Å². The first-order valence-electron chi connectivity index (χ1n) is 8.79. The fourth-order valence-electron chi connectivity index (χ4n) is 2.74. The van der Waals surface area contributed by atoms with Crippen molar-refractivity contribution in [3.05, 3.63) is 64.7 Å². The first-order chi connectivity index (χ1) is 13.5. The lowest BCUT2D eigenvalue weighted by Crippen LogP contribution is -2.26. The van der Waals surface area contributed by atoms with Crippen molar-refractivity contribution in [1.29, 1.82) is 0 Å². The molecule has 0 spiro atoms. The number of nitrogens with one attached hydrogen (secondary N) is 1. The number of benzene rings is 2. The average molecular weight is 395 g/mol. The molecule has 0 saturated carbocycles. The number of amidine groups is 1. The molecule has 1 unspecified atom stereocenters. The Kier molecular flexibility index (Phi) is 6.26. The van der Waals surface area contributed by atoms with Crippen molar-refractivity contribution in [2.24, 2.45) is 10.2 Å². The topological polar surface area (TPSA) is 80.1 Å². The van der Waals surface area contributed by atoms with E-state index in [9.17, 15) is 9.59 Å². The van der Waals surface area contributed by atoms with E-state index in [0.29, 0.717) is 10.7 Å². The van der Waals surface area contributed by atoms with E-state index in [1.807, 2.05) is 56.3 Å². The second-order valence-corrected chi connectivity index (χ2v) is 7.66. The van der Waals surface area contributed by atoms with Gasteiger partial charge in [0.2, 0.25) is 5.91 Å². The number of hydrogen-bond donors (Lipinski definition) is 1. The molecule has 1 N–H and O–H groups in total. The second kappa shape index (κ2) is 8.84. The fraction of sp³-hybridized carbons (Fsp3) is 0.238. The van der Waals surface area contributed by atoms with Gasteiger partial charge in [-0.25, -0.2) is 0 Å². The van der Waals surface area contributed by atoms with Gasteiger partial charge < -0.3 is 10.1 Å². The molecule has 1 fully saturated rings. The van der Waals surface area contributed by atoms with Gasteiger partial charge in [-0.15, -0.1) is 5.10 Å². The molecule has 3 rings (SSSR count). The Morgan fingerprint density at radius 1 is 1.21 bits per heavy atom. The molecule has 1 atom stereocenters. The van der Waals surface area contributed by atoms with E-state index in [1.54, 1.807) is 13.3 Å². The molecule has 1 aliphatic rings. The molecule has 144 valence electrons. The average Bonchev–Trinajstić information content (AvgIpc) is 3.03. The largest absolute Gasteiger partial charge is 0.497 e. The number of ketones is 1. The van der Waals surface area contributed by atoms with Crippen LogP contribution < -0.4 is 10.1 Å². The number of ether oxygens (including phenoxy) is 1. The van der Waals surface area contributed by atoms with Crippen molar-refractivity contribution in [3.8, 4) is 5.75 Å². The smallest absolute Gasteiger partial charge is 0.240 e. The highest BCUT2D eigenvalue weighted by atomic mass is 32.2. The Morgan fingerprint density at radius 3 is 2.68 bits per heavy atom. The summed E-state index contributed by atoms with van der Waals surface area (Å²) < 4.78 is 5.11. The monoisotopic (exact) mass is 395 g/mol. The van der Waals surface area contributed by atoms with E-state index in [4.69, 9.17) is 4.74 Å². The van der Waals surface area contributed by atoms with Gasteiger partial charge in [-0.2, -0.15) is 5.10 Å². The molecule has 0 bridgehead atoms. The van der Waals surface area contributed by atoms with Gasteiger partial charge in [-0.3, -0.25) is 9.59 Å². The van der Waals surface area contributed by atoms with Gasteiger partial charge in [0, 0.05) is 12.0 Å². The minimum atomic E-state index is -0.498. The summed E-state index contributed by atoms with van der Waals surface area (Å²) in [5.41, 5.74) is 3.46. The summed E-state index contributed by atoms with van der Waals surface area (Å²) in [6, 6.07) is 13.1. The molecule has 1 aliphatic heterocycles. The van der Waals surface area contributed by atoms with Gasteiger partial charge in [-0.05, 0) is 55.3 Å². The zero-order valence-electron chi connectivity index (χ0n) is 15.9. The molecule has 1 amide bonds. The van der Waals surface area contributed by atoms with Crippen molar-refractivity contribution in [3.63, 3.8) is 0 Å². The number of aryl methyl sites for hydroxylation is 2. The normalized spacial score (nSPS) is 17.9. The van der Waals surface area contributed by atoms with E-state index in [1.165, 1.54) is 11.8 Å². The minimum Gasteiger partial charge on any atom is -0.497 e. The number of amides is 1. The Morgan fingerprint density at radius 2 is 1.96 bits per heavy atom. The van der Waals surface area contributed by atoms with Crippen molar-refractivity contribution in [2.75, 3.05) is 7.11 Å². The number of nitrogens with zero attached hydrogens (tertiary/aromatic N) is 2. The third-order valence-corrected chi connectivity index (χ3v) is 5.38. The third kappa shape index (κ3) is 4.86. The summed E-state index contributed by atoms with van der Waals surface area (Å²) in [6.45, 7) is 3.84. The van der Waals surface area contributed by atoms with Crippen LogP contribution in [-0.4, -0.2) is 35.4 Å². The van der Waals surface area contributed by atoms with Crippen LogP contribution in [0.3, 0.4) is 0 Å². The highest BCUT2D eigenvalue weighted by Crippen LogP contribution is 2.25. The first-order valence-corrected chi connectivity index (χ1v) is 9.67. The zero-order valence-corrected chi connectivity index (χ0v) is 16.7. The summed E-state index contributed by atoms with van der Waals surface area (Å²) in [7, 11) is 1.61. The van der Waals surface area contributed by atoms with Gasteiger partial charge in [0.15, 0.2) is 11.0 Å². The molecular weight excluding hydrogens is 374 g/mol. The van der Waals surface area contributed by atoms with Crippen molar-refractivity contribution < 1.29 is 14.3 Å². The number of Topliss-reactive ketones (excluding diaryl/α,β-unsaturated/α-hetero) is 1. The maximum atomic E-state index is 12.6. The quantitative estimate of drug-likeness (QED) is 0.461. The number of carbonyl (C=O) groups excluding carboxylic acids is 2. The fourth-order valence-corrected chi connectivity index (χ4v) is 3.66. The van der Waals surface area contributed by atoms with Crippen molar-refractivity contribution in [1.82, 2.24) is 5.32 Å². The maximum absolute atomic E-state index is 12.6. The van der Waals surface area contributed by atoms with Gasteiger partial charge in [0.05, 0.1) is 18.6 Å². The van der Waals surface area contributed by atoms with Crippen LogP contribution in [0.1, 0.15) is 33.5 Å². The predicted octanol–water partition coefficient (Wildman–Crippen LogP) is 3.51. The van der Waals surface area contributed by atoms with Crippen LogP contribution in [-0.2, 0) is 4.79 Å². The van der Waals surface area contributed by atoms with Gasteiger partial charge in [-0.1, -0.05) is 29.5 Å². The van der Waals surface area contributed by atoms with Crippen molar-refractivity contribution >= 4 is 34.8 Å². The highest BCUT2D eigenvalue weighted by Gasteiger charge is 2.32. The number of rotatable bonds is 6. The maximum Gasteiger partial charge on any atom is 0.240 e. The molecule has 7 heteroatoms. The molecular formula is C21H21N3O3S. The van der Waals surface area contributed by atoms with Crippen LogP contribution in [0.5, 0.6) is 5.75 Å². The number of methoxy groups -OCH3 is 1.